The maximum Gasteiger partial charge on any atom is 0.307 e. The second-order valence-electron chi connectivity index (χ2n) is 7.19. The van der Waals surface area contributed by atoms with Crippen molar-refractivity contribution >= 4 is 34.3 Å². The number of hydrogen-bond donors (Lipinski definition) is 3. The van der Waals surface area contributed by atoms with Crippen LogP contribution in [0.2, 0.25) is 0 Å². The largest absolute Gasteiger partial charge is 0.481 e. The molecule has 4 rings (SSSR count). The van der Waals surface area contributed by atoms with Gasteiger partial charge in [0.2, 0.25) is 11.8 Å². The first kappa shape index (κ1) is 21.0. The number of methoxy groups -OCH3 is 1. The van der Waals surface area contributed by atoms with Gasteiger partial charge in [0.1, 0.15) is 11.3 Å². The van der Waals surface area contributed by atoms with Gasteiger partial charge in [-0.1, -0.05) is 12.1 Å². The van der Waals surface area contributed by atoms with E-state index in [0.29, 0.717) is 28.7 Å². The third-order valence-corrected chi connectivity index (χ3v) is 4.86. The number of aromatic nitrogens is 4. The molecule has 1 unspecified atom stereocenters. The van der Waals surface area contributed by atoms with E-state index in [1.165, 1.54) is 12.4 Å². The number of rotatable bonds is 8. The summed E-state index contributed by atoms with van der Waals surface area (Å²) in [4.78, 5) is 27.9. The molecule has 0 amide bonds. The third kappa shape index (κ3) is 4.89. The van der Waals surface area contributed by atoms with Crippen molar-refractivity contribution in [2.75, 3.05) is 17.7 Å². The van der Waals surface area contributed by atoms with Crippen LogP contribution in [0.1, 0.15) is 24.1 Å². The Labute approximate surface area is 184 Å². The van der Waals surface area contributed by atoms with E-state index in [1.807, 2.05) is 49.4 Å². The lowest BCUT2D eigenvalue weighted by molar-refractivity contribution is -0.136. The number of nitrogens with zero attached hydrogens (tertiary/aromatic N) is 4. The Kier molecular flexibility index (Phi) is 6.07. The molecule has 4 aromatic rings. The van der Waals surface area contributed by atoms with Crippen LogP contribution < -0.4 is 15.4 Å². The minimum atomic E-state index is -0.911. The summed E-state index contributed by atoms with van der Waals surface area (Å²) in [6.07, 6.45) is 4.63. The molecule has 0 saturated heterocycles. The molecule has 0 aliphatic heterocycles. The predicted octanol–water partition coefficient (Wildman–Crippen LogP) is 3.97. The number of carbonyl (C=O) groups is 1. The van der Waals surface area contributed by atoms with Crippen LogP contribution >= 0.6 is 0 Å². The van der Waals surface area contributed by atoms with Crippen molar-refractivity contribution in [1.82, 2.24) is 19.9 Å². The van der Waals surface area contributed by atoms with Crippen molar-refractivity contribution in [2.24, 2.45) is 0 Å². The summed E-state index contributed by atoms with van der Waals surface area (Å²) >= 11 is 0. The number of pyridine rings is 2. The second kappa shape index (κ2) is 9.25. The summed E-state index contributed by atoms with van der Waals surface area (Å²) in [5.74, 6) is 0.708. The molecule has 0 saturated carbocycles. The van der Waals surface area contributed by atoms with Crippen LogP contribution in [-0.4, -0.2) is 38.1 Å². The van der Waals surface area contributed by atoms with Crippen molar-refractivity contribution in [1.29, 1.82) is 0 Å². The molecule has 0 fully saturated rings. The number of hydrogen-bond acceptors (Lipinski definition) is 8. The monoisotopic (exact) mass is 430 g/mol. The molecule has 162 valence electrons. The van der Waals surface area contributed by atoms with E-state index in [1.54, 1.807) is 13.3 Å². The molecular formula is C23H22N6O3. The summed E-state index contributed by atoms with van der Waals surface area (Å²) in [7, 11) is 1.58. The van der Waals surface area contributed by atoms with Gasteiger partial charge in [-0.15, -0.1) is 0 Å². The van der Waals surface area contributed by atoms with Gasteiger partial charge in [0, 0.05) is 35.2 Å². The maximum absolute atomic E-state index is 10.8. The van der Waals surface area contributed by atoms with Crippen LogP contribution in [0.25, 0.3) is 10.9 Å². The molecule has 0 radical (unpaired) electrons. The number of ether oxygens (including phenoxy) is 1. The summed E-state index contributed by atoms with van der Waals surface area (Å²) in [5, 5.41) is 16.3. The van der Waals surface area contributed by atoms with E-state index in [2.05, 4.69) is 30.6 Å². The Morgan fingerprint density at radius 1 is 1.06 bits per heavy atom. The van der Waals surface area contributed by atoms with E-state index in [-0.39, 0.29) is 12.5 Å². The van der Waals surface area contributed by atoms with E-state index in [4.69, 9.17) is 9.84 Å². The number of benzene rings is 1. The summed E-state index contributed by atoms with van der Waals surface area (Å²) in [6, 6.07) is 13.7. The van der Waals surface area contributed by atoms with E-state index >= 15 is 0 Å². The van der Waals surface area contributed by atoms with Crippen LogP contribution in [0.15, 0.2) is 61.1 Å². The van der Waals surface area contributed by atoms with Crippen LogP contribution in [-0.2, 0) is 11.2 Å². The first-order valence-corrected chi connectivity index (χ1v) is 9.98. The molecule has 1 atom stereocenters. The first-order valence-electron chi connectivity index (χ1n) is 9.98. The quantitative estimate of drug-likeness (QED) is 0.381. The average molecular weight is 430 g/mol. The summed E-state index contributed by atoms with van der Waals surface area (Å²) < 4.78 is 5.30. The first-order chi connectivity index (χ1) is 15.5. The van der Waals surface area contributed by atoms with Gasteiger partial charge in [0.15, 0.2) is 0 Å². The summed E-state index contributed by atoms with van der Waals surface area (Å²) in [5.41, 5.74) is 3.20. The molecule has 9 nitrogen and oxygen atoms in total. The molecule has 3 aromatic heterocycles. The van der Waals surface area contributed by atoms with Gasteiger partial charge in [-0.3, -0.25) is 4.79 Å². The zero-order chi connectivity index (χ0) is 22.5. The lowest BCUT2D eigenvalue weighted by Gasteiger charge is -2.15. The molecule has 3 N–H and O–H groups in total. The highest BCUT2D eigenvalue weighted by Crippen LogP contribution is 2.25. The molecule has 3 heterocycles. The molecule has 0 aliphatic rings. The zero-order valence-corrected chi connectivity index (χ0v) is 17.6. The number of aliphatic carboxylic acids is 1. The minimum absolute atomic E-state index is 0.0384. The fourth-order valence-corrected chi connectivity index (χ4v) is 3.22. The van der Waals surface area contributed by atoms with Crippen molar-refractivity contribution in [2.45, 2.75) is 19.4 Å². The number of nitrogens with one attached hydrogen (secondary N) is 2. The third-order valence-electron chi connectivity index (χ3n) is 4.86. The molecule has 0 aliphatic carbocycles. The Bertz CT molecular complexity index is 1230. The predicted molar refractivity (Wildman–Crippen MR) is 121 cm³/mol. The Morgan fingerprint density at radius 2 is 1.81 bits per heavy atom. The molecule has 32 heavy (non-hydrogen) atoms. The topological polar surface area (TPSA) is 122 Å². The number of anilines is 3. The average Bonchev–Trinajstić information content (AvgIpc) is 2.80. The number of carboxylic acids is 1. The highest BCUT2D eigenvalue weighted by atomic mass is 16.5. The molecule has 1 aromatic carbocycles. The summed E-state index contributed by atoms with van der Waals surface area (Å²) in [6.45, 7) is 2.00. The van der Waals surface area contributed by atoms with Gasteiger partial charge in [-0.2, -0.15) is 0 Å². The van der Waals surface area contributed by atoms with Crippen molar-refractivity contribution in [3.8, 4) is 5.88 Å². The van der Waals surface area contributed by atoms with E-state index < -0.39 is 5.97 Å². The zero-order valence-electron chi connectivity index (χ0n) is 17.6. The molecule has 9 heteroatoms. The number of carboxylic acid groups (broad SMARTS) is 1. The van der Waals surface area contributed by atoms with Gasteiger partial charge in [0.05, 0.1) is 19.6 Å². The van der Waals surface area contributed by atoms with Gasteiger partial charge >= 0.3 is 5.97 Å². The highest BCUT2D eigenvalue weighted by molar-refractivity contribution is 5.84. The minimum Gasteiger partial charge on any atom is -0.481 e. The van der Waals surface area contributed by atoms with E-state index in [0.717, 1.165) is 16.6 Å². The highest BCUT2D eigenvalue weighted by Gasteiger charge is 2.09. The van der Waals surface area contributed by atoms with Crippen molar-refractivity contribution in [3.05, 3.63) is 72.2 Å². The van der Waals surface area contributed by atoms with Crippen molar-refractivity contribution in [3.63, 3.8) is 0 Å². The van der Waals surface area contributed by atoms with Crippen LogP contribution in [0.3, 0.4) is 0 Å². The Hall–Kier alpha value is -4.27. The molecule has 0 spiro atoms. The Morgan fingerprint density at radius 3 is 2.50 bits per heavy atom. The lowest BCUT2D eigenvalue weighted by atomic mass is 10.1. The SMILES string of the molecule is COc1nccc2ccc(Nc3ccc(C(C)Nc4ncc(CC(=O)O)cn4)cc3)nc12. The van der Waals surface area contributed by atoms with Crippen LogP contribution in [0.4, 0.5) is 17.5 Å². The van der Waals surface area contributed by atoms with Crippen molar-refractivity contribution < 1.29 is 14.6 Å². The van der Waals surface area contributed by atoms with E-state index in [9.17, 15) is 4.79 Å². The van der Waals surface area contributed by atoms with Gasteiger partial charge in [-0.25, -0.2) is 19.9 Å². The molecule has 0 bridgehead atoms. The second-order valence-corrected chi connectivity index (χ2v) is 7.19. The smallest absolute Gasteiger partial charge is 0.307 e. The maximum atomic E-state index is 10.8. The standard InChI is InChI=1S/C23H22N6O3/c1-14(27-23-25-12-15(13-26-23)11-20(30)31)16-3-6-18(7-4-16)28-19-8-5-17-9-10-24-22(32-2)21(17)29-19/h3-10,12-14H,11H2,1-2H3,(H,28,29)(H,30,31)(H,25,26,27). The number of fused-ring (bicyclic) bond motifs is 1. The van der Waals surface area contributed by atoms with Gasteiger partial charge < -0.3 is 20.5 Å². The van der Waals surface area contributed by atoms with Gasteiger partial charge in [-0.05, 0) is 42.8 Å². The van der Waals surface area contributed by atoms with Crippen LogP contribution in [0, 0.1) is 0 Å². The van der Waals surface area contributed by atoms with Crippen LogP contribution in [0.5, 0.6) is 5.88 Å². The fraction of sp³-hybridized carbons (Fsp3) is 0.174. The lowest BCUT2D eigenvalue weighted by Crippen LogP contribution is -2.10. The Balaban J connectivity index is 1.42. The normalized spacial score (nSPS) is 11.7. The fourth-order valence-electron chi connectivity index (χ4n) is 3.22. The molecular weight excluding hydrogens is 408 g/mol. The van der Waals surface area contributed by atoms with Gasteiger partial charge in [0.25, 0.3) is 0 Å².